The van der Waals surface area contributed by atoms with Gasteiger partial charge in [0.05, 0.1) is 11.7 Å². The highest BCUT2D eigenvalue weighted by atomic mass is 16.5. The van der Waals surface area contributed by atoms with E-state index in [0.717, 1.165) is 54.3 Å². The normalized spacial score (nSPS) is 57.7. The van der Waals surface area contributed by atoms with Crippen molar-refractivity contribution in [1.82, 2.24) is 0 Å². The Balaban J connectivity index is 1.21. The first-order valence-electron chi connectivity index (χ1n) is 14.5. The quantitative estimate of drug-likeness (QED) is 0.392. The molecule has 5 aliphatic carbocycles. The number of hydrogen-bond acceptors (Lipinski definition) is 3. The van der Waals surface area contributed by atoms with Crippen molar-refractivity contribution < 1.29 is 14.3 Å². The van der Waals surface area contributed by atoms with Gasteiger partial charge in [0, 0.05) is 6.92 Å². The van der Waals surface area contributed by atoms with E-state index in [1.807, 2.05) is 0 Å². The lowest BCUT2D eigenvalue weighted by molar-refractivity contribution is -0.161. The lowest BCUT2D eigenvalue weighted by Crippen LogP contribution is -2.55. The fraction of sp³-hybridized carbons (Fsp3) is 0.967. The zero-order valence-electron chi connectivity index (χ0n) is 21.9. The summed E-state index contributed by atoms with van der Waals surface area (Å²) in [6.07, 6.45) is 16.4. The minimum Gasteiger partial charge on any atom is -0.463 e. The van der Waals surface area contributed by atoms with Gasteiger partial charge in [0.25, 0.3) is 0 Å². The third kappa shape index (κ3) is 3.26. The standard InChI is InChI=1S/C30H48O3/c1-18-8-14-30(15-9-18)19(2)27-26(33-30)17-25-23-7-6-21-16-22(32-20(3)31)10-12-28(21,4)24(23)11-13-29(25,27)5/h18-19,21-27H,6-17H2,1-5H3. The molecule has 1 heterocycles. The molecule has 6 fully saturated rings. The van der Waals surface area contributed by atoms with Crippen LogP contribution >= 0.6 is 0 Å². The fourth-order valence-corrected chi connectivity index (χ4v) is 11.2. The zero-order valence-corrected chi connectivity index (χ0v) is 21.9. The summed E-state index contributed by atoms with van der Waals surface area (Å²) in [6.45, 7) is 11.9. The fourth-order valence-electron chi connectivity index (χ4n) is 11.2. The SMILES string of the molecule is CC(=O)OC1CCC2(C)C(CCC3C2CCC2(C)C3CC3OC4(CCC(C)CC4)C(C)C32)C1. The van der Waals surface area contributed by atoms with Gasteiger partial charge in [-0.15, -0.1) is 0 Å². The third-order valence-corrected chi connectivity index (χ3v) is 12.9. The van der Waals surface area contributed by atoms with E-state index in [1.165, 1.54) is 64.2 Å². The van der Waals surface area contributed by atoms with E-state index in [9.17, 15) is 4.79 Å². The molecule has 0 aromatic heterocycles. The first-order valence-corrected chi connectivity index (χ1v) is 14.5. The average Bonchev–Trinajstić information content (AvgIpc) is 3.21. The number of esters is 1. The molecule has 186 valence electrons. The first kappa shape index (κ1) is 22.9. The Labute approximate surface area is 202 Å². The topological polar surface area (TPSA) is 35.5 Å². The summed E-state index contributed by atoms with van der Waals surface area (Å²) < 4.78 is 12.8. The van der Waals surface area contributed by atoms with Crippen LogP contribution in [0.25, 0.3) is 0 Å². The van der Waals surface area contributed by atoms with Crippen molar-refractivity contribution >= 4 is 5.97 Å². The van der Waals surface area contributed by atoms with Gasteiger partial charge < -0.3 is 9.47 Å². The summed E-state index contributed by atoms with van der Waals surface area (Å²) in [7, 11) is 0. The second kappa shape index (κ2) is 7.71. The van der Waals surface area contributed by atoms with Gasteiger partial charge >= 0.3 is 5.97 Å². The molecule has 1 spiro atoms. The summed E-state index contributed by atoms with van der Waals surface area (Å²) in [5, 5.41) is 0. The molecule has 0 bridgehead atoms. The van der Waals surface area contributed by atoms with Crippen molar-refractivity contribution in [3.63, 3.8) is 0 Å². The Morgan fingerprint density at radius 1 is 0.848 bits per heavy atom. The lowest BCUT2D eigenvalue weighted by atomic mass is 9.44. The van der Waals surface area contributed by atoms with Crippen molar-refractivity contribution in [3.8, 4) is 0 Å². The molecular weight excluding hydrogens is 408 g/mol. The Kier molecular flexibility index (Phi) is 5.34. The van der Waals surface area contributed by atoms with Gasteiger partial charge in [0.2, 0.25) is 0 Å². The van der Waals surface area contributed by atoms with E-state index in [0.29, 0.717) is 16.9 Å². The number of hydrogen-bond donors (Lipinski definition) is 0. The molecule has 1 saturated heterocycles. The molecule has 3 nitrogen and oxygen atoms in total. The molecule has 3 heteroatoms. The van der Waals surface area contributed by atoms with Crippen LogP contribution in [0.5, 0.6) is 0 Å². The van der Waals surface area contributed by atoms with Crippen LogP contribution in [0.2, 0.25) is 0 Å². The minimum atomic E-state index is -0.0949. The number of fused-ring (bicyclic) bond motifs is 7. The Morgan fingerprint density at radius 3 is 2.30 bits per heavy atom. The first-order chi connectivity index (χ1) is 15.7. The van der Waals surface area contributed by atoms with E-state index in [2.05, 4.69) is 27.7 Å². The highest BCUT2D eigenvalue weighted by Crippen LogP contribution is 2.71. The molecule has 10 atom stereocenters. The van der Waals surface area contributed by atoms with Crippen LogP contribution in [0.4, 0.5) is 0 Å². The van der Waals surface area contributed by atoms with Crippen molar-refractivity contribution in [1.29, 1.82) is 0 Å². The van der Waals surface area contributed by atoms with Gasteiger partial charge in [-0.05, 0) is 129 Å². The van der Waals surface area contributed by atoms with E-state index in [-0.39, 0.29) is 17.7 Å². The van der Waals surface area contributed by atoms with Crippen LogP contribution in [0, 0.1) is 52.3 Å². The second-order valence-corrected chi connectivity index (χ2v) is 14.2. The Hall–Kier alpha value is -0.570. The molecule has 33 heavy (non-hydrogen) atoms. The Morgan fingerprint density at radius 2 is 1.58 bits per heavy atom. The maximum atomic E-state index is 11.6. The number of carbonyl (C=O) groups excluding carboxylic acids is 1. The summed E-state index contributed by atoms with van der Waals surface area (Å²) in [6, 6.07) is 0. The minimum absolute atomic E-state index is 0.0949. The monoisotopic (exact) mass is 456 g/mol. The van der Waals surface area contributed by atoms with Crippen LogP contribution in [0.3, 0.4) is 0 Å². The number of rotatable bonds is 1. The van der Waals surface area contributed by atoms with E-state index < -0.39 is 0 Å². The highest BCUT2D eigenvalue weighted by Gasteiger charge is 2.68. The van der Waals surface area contributed by atoms with Crippen LogP contribution in [0.1, 0.15) is 112 Å². The molecule has 6 aliphatic rings. The van der Waals surface area contributed by atoms with Crippen LogP contribution < -0.4 is 0 Å². The number of carbonyl (C=O) groups is 1. The van der Waals surface area contributed by atoms with Gasteiger partial charge in [0.15, 0.2) is 0 Å². The smallest absolute Gasteiger partial charge is 0.302 e. The third-order valence-electron chi connectivity index (χ3n) is 12.9. The van der Waals surface area contributed by atoms with Crippen LogP contribution in [-0.4, -0.2) is 23.8 Å². The molecular formula is C30H48O3. The van der Waals surface area contributed by atoms with Crippen LogP contribution in [-0.2, 0) is 14.3 Å². The van der Waals surface area contributed by atoms with E-state index >= 15 is 0 Å². The predicted molar refractivity (Wildman–Crippen MR) is 131 cm³/mol. The van der Waals surface area contributed by atoms with Crippen molar-refractivity contribution in [2.45, 2.75) is 129 Å². The maximum Gasteiger partial charge on any atom is 0.302 e. The molecule has 5 saturated carbocycles. The molecule has 1 aliphatic heterocycles. The van der Waals surface area contributed by atoms with E-state index in [4.69, 9.17) is 9.47 Å². The summed E-state index contributed by atoms with van der Waals surface area (Å²) in [4.78, 5) is 11.6. The molecule has 0 N–H and O–H groups in total. The largest absolute Gasteiger partial charge is 0.463 e. The van der Waals surface area contributed by atoms with E-state index in [1.54, 1.807) is 6.92 Å². The molecule has 0 amide bonds. The van der Waals surface area contributed by atoms with Gasteiger partial charge in [-0.2, -0.15) is 0 Å². The summed E-state index contributed by atoms with van der Waals surface area (Å²) >= 11 is 0. The summed E-state index contributed by atoms with van der Waals surface area (Å²) in [5.41, 5.74) is 1.13. The van der Waals surface area contributed by atoms with Gasteiger partial charge in [0.1, 0.15) is 6.10 Å². The molecule has 0 aromatic rings. The van der Waals surface area contributed by atoms with Crippen molar-refractivity contribution in [3.05, 3.63) is 0 Å². The Bertz CT molecular complexity index is 783. The van der Waals surface area contributed by atoms with Crippen molar-refractivity contribution in [2.24, 2.45) is 52.3 Å². The number of ether oxygens (including phenoxy) is 2. The lowest BCUT2D eigenvalue weighted by Gasteiger charge is -2.61. The maximum absolute atomic E-state index is 11.6. The predicted octanol–water partition coefficient (Wildman–Crippen LogP) is 7.17. The highest BCUT2D eigenvalue weighted by molar-refractivity contribution is 5.66. The summed E-state index contributed by atoms with van der Waals surface area (Å²) in [5.74, 6) is 5.65. The molecule has 6 rings (SSSR count). The van der Waals surface area contributed by atoms with Crippen molar-refractivity contribution in [2.75, 3.05) is 0 Å². The van der Waals surface area contributed by atoms with Crippen LogP contribution in [0.15, 0.2) is 0 Å². The zero-order chi connectivity index (χ0) is 23.2. The van der Waals surface area contributed by atoms with Gasteiger partial charge in [-0.25, -0.2) is 0 Å². The average molecular weight is 457 g/mol. The molecule has 0 aromatic carbocycles. The molecule has 0 radical (unpaired) electrons. The molecule has 10 unspecified atom stereocenters. The van der Waals surface area contributed by atoms with Gasteiger partial charge in [-0.1, -0.05) is 27.7 Å². The second-order valence-electron chi connectivity index (χ2n) is 14.2. The van der Waals surface area contributed by atoms with Gasteiger partial charge in [-0.3, -0.25) is 4.79 Å².